The molecule has 0 saturated carbocycles. The number of aryl methyl sites for hydroxylation is 1. The summed E-state index contributed by atoms with van der Waals surface area (Å²) in [6.07, 6.45) is 0. The Kier molecular flexibility index (Phi) is 5.89. The van der Waals surface area contributed by atoms with Crippen molar-refractivity contribution in [2.24, 2.45) is 0 Å². The van der Waals surface area contributed by atoms with Crippen LogP contribution in [0.4, 0.5) is 15.8 Å². The molecule has 158 valence electrons. The molecule has 0 aliphatic carbocycles. The molecule has 4 rings (SSSR count). The van der Waals surface area contributed by atoms with Crippen LogP contribution in [-0.4, -0.2) is 21.8 Å². The first-order valence-corrected chi connectivity index (χ1v) is 11.2. The van der Waals surface area contributed by atoms with Gasteiger partial charge in [0.15, 0.2) is 0 Å². The number of nitrogens with zero attached hydrogens (tertiary/aromatic N) is 1. The van der Waals surface area contributed by atoms with Crippen LogP contribution in [0.2, 0.25) is 5.02 Å². The summed E-state index contributed by atoms with van der Waals surface area (Å²) in [5.74, 6) is -1.21. The molecule has 0 spiro atoms. The number of benzene rings is 3. The molecule has 3 aromatic rings. The van der Waals surface area contributed by atoms with Crippen molar-refractivity contribution >= 4 is 45.6 Å². The molecule has 2 amide bonds. The average Bonchev–Trinajstić information content (AvgIpc) is 2.74. The summed E-state index contributed by atoms with van der Waals surface area (Å²) in [7, 11) is -1.49. The zero-order chi connectivity index (χ0) is 22.1. The number of halogens is 2. The molecule has 31 heavy (non-hydrogen) atoms. The summed E-state index contributed by atoms with van der Waals surface area (Å²) in [5.41, 5.74) is 2.88. The maximum absolute atomic E-state index is 13.2. The zero-order valence-corrected chi connectivity index (χ0v) is 18.1. The zero-order valence-electron chi connectivity index (χ0n) is 16.5. The van der Waals surface area contributed by atoms with Crippen LogP contribution >= 0.6 is 11.6 Å². The Morgan fingerprint density at radius 1 is 1.13 bits per heavy atom. The molecule has 0 aromatic heterocycles. The Hall–Kier alpha value is -3.03. The largest absolute Gasteiger partial charge is 0.322 e. The van der Waals surface area contributed by atoms with E-state index >= 15 is 0 Å². The molecule has 0 fully saturated rings. The minimum absolute atomic E-state index is 0.137. The van der Waals surface area contributed by atoms with Gasteiger partial charge < -0.3 is 10.2 Å². The van der Waals surface area contributed by atoms with Gasteiger partial charge in [0, 0.05) is 16.3 Å². The van der Waals surface area contributed by atoms with Crippen LogP contribution in [0.1, 0.15) is 21.5 Å². The van der Waals surface area contributed by atoms with Crippen LogP contribution in [0.25, 0.3) is 0 Å². The third-order valence-corrected chi connectivity index (χ3v) is 6.75. The second-order valence-corrected chi connectivity index (χ2v) is 9.02. The van der Waals surface area contributed by atoms with E-state index < -0.39 is 10.8 Å². The quantitative estimate of drug-likeness (QED) is 0.619. The summed E-state index contributed by atoms with van der Waals surface area (Å²) in [6.45, 7) is 2.05. The van der Waals surface area contributed by atoms with Gasteiger partial charge in [0.05, 0.1) is 27.9 Å². The van der Waals surface area contributed by atoms with Gasteiger partial charge >= 0.3 is 0 Å². The Morgan fingerprint density at radius 3 is 2.58 bits per heavy atom. The Balaban J connectivity index is 1.65. The molecule has 1 atom stereocenters. The van der Waals surface area contributed by atoms with Gasteiger partial charge in [-0.1, -0.05) is 29.8 Å². The van der Waals surface area contributed by atoms with E-state index in [0.717, 1.165) is 11.1 Å². The predicted octanol–water partition coefficient (Wildman–Crippen LogP) is 4.69. The average molecular weight is 457 g/mol. The van der Waals surface area contributed by atoms with Crippen molar-refractivity contribution in [2.45, 2.75) is 18.4 Å². The lowest BCUT2D eigenvalue weighted by Gasteiger charge is -2.29. The third kappa shape index (κ3) is 4.52. The highest BCUT2D eigenvalue weighted by Gasteiger charge is 2.30. The van der Waals surface area contributed by atoms with Crippen LogP contribution in [0.5, 0.6) is 0 Å². The first-order chi connectivity index (χ1) is 14.8. The molecule has 8 heteroatoms. The highest BCUT2D eigenvalue weighted by Crippen LogP contribution is 2.32. The molecule has 1 N–H and O–H groups in total. The Morgan fingerprint density at radius 2 is 1.87 bits per heavy atom. The van der Waals surface area contributed by atoms with E-state index in [1.165, 1.54) is 17.0 Å². The minimum atomic E-state index is -1.49. The number of nitrogens with one attached hydrogen (secondary N) is 1. The molecule has 1 heterocycles. The minimum Gasteiger partial charge on any atom is -0.322 e. The van der Waals surface area contributed by atoms with Crippen LogP contribution < -0.4 is 10.2 Å². The fraction of sp³-hybridized carbons (Fsp3) is 0.130. The van der Waals surface area contributed by atoms with E-state index in [4.69, 9.17) is 11.6 Å². The smallest absolute Gasteiger partial charge is 0.255 e. The standard InChI is InChI=1S/C23H18ClFN2O3S/c1-14-2-8-18(11-19(14)24)26-23(29)16-5-9-21-20(10-16)27(22(28)13-31(21)30)12-15-3-6-17(25)7-4-15/h2-11H,12-13H2,1H3,(H,26,29). The summed E-state index contributed by atoms with van der Waals surface area (Å²) in [4.78, 5) is 27.4. The van der Waals surface area contributed by atoms with Gasteiger partial charge in [0.25, 0.3) is 5.91 Å². The fourth-order valence-corrected chi connectivity index (χ4v) is 4.62. The number of amides is 2. The predicted molar refractivity (Wildman–Crippen MR) is 119 cm³/mol. The molecule has 0 radical (unpaired) electrons. The lowest BCUT2D eigenvalue weighted by Crippen LogP contribution is -2.38. The van der Waals surface area contributed by atoms with Crippen molar-refractivity contribution in [1.29, 1.82) is 0 Å². The van der Waals surface area contributed by atoms with Crippen molar-refractivity contribution in [2.75, 3.05) is 16.0 Å². The van der Waals surface area contributed by atoms with Gasteiger partial charge in [0.1, 0.15) is 11.6 Å². The maximum atomic E-state index is 13.2. The van der Waals surface area contributed by atoms with Crippen LogP contribution in [0, 0.1) is 12.7 Å². The molecular weight excluding hydrogens is 439 g/mol. The number of rotatable bonds is 4. The van der Waals surface area contributed by atoms with Crippen molar-refractivity contribution in [3.63, 3.8) is 0 Å². The second kappa shape index (κ2) is 8.61. The van der Waals surface area contributed by atoms with Crippen LogP contribution in [0.3, 0.4) is 0 Å². The maximum Gasteiger partial charge on any atom is 0.255 e. The Labute approximate surface area is 186 Å². The number of carbonyl (C=O) groups is 2. The van der Waals surface area contributed by atoms with Crippen molar-refractivity contribution in [1.82, 2.24) is 0 Å². The third-order valence-electron chi connectivity index (χ3n) is 5.00. The van der Waals surface area contributed by atoms with E-state index in [1.807, 2.05) is 6.92 Å². The summed E-state index contributed by atoms with van der Waals surface area (Å²) >= 11 is 6.12. The first-order valence-electron chi connectivity index (χ1n) is 9.46. The number of hydrogen-bond donors (Lipinski definition) is 1. The van der Waals surface area contributed by atoms with Gasteiger partial charge in [0.2, 0.25) is 5.91 Å². The second-order valence-electron chi connectivity index (χ2n) is 7.20. The summed E-state index contributed by atoms with van der Waals surface area (Å²) in [5, 5.41) is 3.32. The lowest BCUT2D eigenvalue weighted by molar-refractivity contribution is -0.116. The van der Waals surface area contributed by atoms with E-state index in [2.05, 4.69) is 5.32 Å². The molecule has 5 nitrogen and oxygen atoms in total. The number of fused-ring (bicyclic) bond motifs is 1. The molecular formula is C23H18ClFN2O3S. The first kappa shape index (κ1) is 21.2. The normalized spacial score (nSPS) is 15.5. The van der Waals surface area contributed by atoms with Crippen LogP contribution in [0.15, 0.2) is 65.6 Å². The summed E-state index contributed by atoms with van der Waals surface area (Å²) < 4.78 is 25.7. The van der Waals surface area contributed by atoms with Crippen LogP contribution in [-0.2, 0) is 22.1 Å². The molecule has 0 bridgehead atoms. The highest BCUT2D eigenvalue weighted by molar-refractivity contribution is 7.86. The fourth-order valence-electron chi connectivity index (χ4n) is 3.28. The molecule has 0 saturated heterocycles. The van der Waals surface area contributed by atoms with E-state index in [-0.39, 0.29) is 29.9 Å². The molecule has 1 aliphatic heterocycles. The number of carbonyl (C=O) groups excluding carboxylic acids is 2. The number of anilines is 2. The van der Waals surface area contributed by atoms with Gasteiger partial charge in [-0.2, -0.15) is 0 Å². The monoisotopic (exact) mass is 456 g/mol. The molecule has 3 aromatic carbocycles. The number of hydrogen-bond acceptors (Lipinski definition) is 3. The van der Waals surface area contributed by atoms with E-state index in [9.17, 15) is 18.2 Å². The van der Waals surface area contributed by atoms with Gasteiger partial charge in [-0.05, 0) is 60.5 Å². The van der Waals surface area contributed by atoms with Gasteiger partial charge in [-0.15, -0.1) is 0 Å². The lowest BCUT2D eigenvalue weighted by atomic mass is 10.1. The van der Waals surface area contributed by atoms with Gasteiger partial charge in [-0.25, -0.2) is 4.39 Å². The van der Waals surface area contributed by atoms with Crippen molar-refractivity contribution in [3.05, 3.63) is 88.2 Å². The van der Waals surface area contributed by atoms with Crippen molar-refractivity contribution < 1.29 is 18.2 Å². The van der Waals surface area contributed by atoms with E-state index in [1.54, 1.807) is 48.5 Å². The molecule has 1 unspecified atom stereocenters. The topological polar surface area (TPSA) is 66.5 Å². The van der Waals surface area contributed by atoms with E-state index in [0.29, 0.717) is 26.9 Å². The SMILES string of the molecule is Cc1ccc(NC(=O)c2ccc3c(c2)N(Cc2ccc(F)cc2)C(=O)CS3=O)cc1Cl. The summed E-state index contributed by atoms with van der Waals surface area (Å²) in [6, 6.07) is 15.8. The Bertz CT molecular complexity index is 1210. The molecule has 1 aliphatic rings. The van der Waals surface area contributed by atoms with Crippen molar-refractivity contribution in [3.8, 4) is 0 Å². The highest BCUT2D eigenvalue weighted by atomic mass is 35.5. The van der Waals surface area contributed by atoms with Gasteiger partial charge in [-0.3, -0.25) is 13.8 Å².